The Kier molecular flexibility index (Phi) is 8.49. The molecule has 0 saturated carbocycles. The molecule has 0 aromatic heterocycles. The van der Waals surface area contributed by atoms with Gasteiger partial charge in [-0.1, -0.05) is 55.8 Å². The first-order valence-corrected chi connectivity index (χ1v) is 9.37. The molecule has 7 heteroatoms. The quantitative estimate of drug-likeness (QED) is 0.499. The first-order chi connectivity index (χ1) is 13.4. The number of rotatable bonds is 9. The molecule has 0 heterocycles. The number of hydrogen-bond acceptors (Lipinski definition) is 4. The van der Waals surface area contributed by atoms with Gasteiger partial charge in [0.1, 0.15) is 11.8 Å². The van der Waals surface area contributed by atoms with Gasteiger partial charge in [-0.25, -0.2) is 5.43 Å². The number of hydrazone groups is 1. The fourth-order valence-electron chi connectivity index (χ4n) is 2.41. The Balaban J connectivity index is 1.88. The predicted octanol–water partition coefficient (Wildman–Crippen LogP) is 3.40. The van der Waals surface area contributed by atoms with E-state index in [1.54, 1.807) is 30.5 Å². The number of nitrogens with zero attached hydrogens (tertiary/aromatic N) is 1. The summed E-state index contributed by atoms with van der Waals surface area (Å²) >= 11 is 5.82. The molecule has 2 aromatic rings. The summed E-state index contributed by atoms with van der Waals surface area (Å²) in [5.74, 6) is -0.0216. The summed E-state index contributed by atoms with van der Waals surface area (Å²) in [7, 11) is 0. The highest BCUT2D eigenvalue weighted by Crippen LogP contribution is 2.15. The normalized spacial score (nSPS) is 12.0. The lowest BCUT2D eigenvalue weighted by atomic mass is 10.0. The first-order valence-electron chi connectivity index (χ1n) is 8.99. The molecule has 2 aromatic carbocycles. The number of nitrogens with one attached hydrogen (secondary N) is 2. The van der Waals surface area contributed by atoms with Gasteiger partial charge in [-0.05, 0) is 42.2 Å². The summed E-state index contributed by atoms with van der Waals surface area (Å²) in [5, 5.41) is 7.25. The van der Waals surface area contributed by atoms with E-state index in [0.29, 0.717) is 17.2 Å². The number of hydrogen-bond donors (Lipinski definition) is 2. The van der Waals surface area contributed by atoms with Crippen LogP contribution in [0.5, 0.6) is 5.75 Å². The number of carbonyl (C=O) groups is 2. The summed E-state index contributed by atoms with van der Waals surface area (Å²) < 4.78 is 5.42. The van der Waals surface area contributed by atoms with Crippen molar-refractivity contribution in [3.8, 4) is 5.75 Å². The van der Waals surface area contributed by atoms with E-state index >= 15 is 0 Å². The number of amides is 2. The largest absolute Gasteiger partial charge is 0.484 e. The number of halogens is 1. The van der Waals surface area contributed by atoms with Crippen molar-refractivity contribution in [2.24, 2.45) is 11.0 Å². The zero-order valence-electron chi connectivity index (χ0n) is 15.9. The lowest BCUT2D eigenvalue weighted by Crippen LogP contribution is -2.47. The van der Waals surface area contributed by atoms with Gasteiger partial charge in [0.15, 0.2) is 6.61 Å². The highest BCUT2D eigenvalue weighted by Gasteiger charge is 2.22. The maximum absolute atomic E-state index is 12.4. The molecule has 0 bridgehead atoms. The van der Waals surface area contributed by atoms with Gasteiger partial charge >= 0.3 is 0 Å². The molecule has 0 radical (unpaired) electrons. The van der Waals surface area contributed by atoms with Crippen molar-refractivity contribution < 1.29 is 14.3 Å². The van der Waals surface area contributed by atoms with Crippen LogP contribution in [0, 0.1) is 5.92 Å². The van der Waals surface area contributed by atoms with Crippen LogP contribution in [0.1, 0.15) is 25.8 Å². The minimum absolute atomic E-state index is 0.198. The van der Waals surface area contributed by atoms with Crippen LogP contribution in [-0.2, 0) is 9.59 Å². The maximum Gasteiger partial charge on any atom is 0.262 e. The Hall–Kier alpha value is -2.86. The monoisotopic (exact) mass is 401 g/mol. The van der Waals surface area contributed by atoms with E-state index in [9.17, 15) is 9.59 Å². The molecule has 2 amide bonds. The molecule has 1 atom stereocenters. The molecule has 28 heavy (non-hydrogen) atoms. The van der Waals surface area contributed by atoms with Crippen LogP contribution in [0.3, 0.4) is 0 Å². The lowest BCUT2D eigenvalue weighted by Gasteiger charge is -2.19. The second-order valence-electron chi connectivity index (χ2n) is 6.64. The van der Waals surface area contributed by atoms with Gasteiger partial charge in [0.25, 0.3) is 11.8 Å². The second kappa shape index (κ2) is 11.1. The van der Waals surface area contributed by atoms with E-state index < -0.39 is 6.04 Å². The van der Waals surface area contributed by atoms with E-state index in [1.807, 2.05) is 44.2 Å². The zero-order valence-corrected chi connectivity index (χ0v) is 16.6. The van der Waals surface area contributed by atoms with Crippen molar-refractivity contribution >= 4 is 29.6 Å². The van der Waals surface area contributed by atoms with Crippen LogP contribution in [0.25, 0.3) is 0 Å². The number of ether oxygens (including phenoxy) is 1. The molecule has 148 valence electrons. The van der Waals surface area contributed by atoms with Crippen LogP contribution in [0.4, 0.5) is 0 Å². The number of carbonyl (C=O) groups excluding carboxylic acids is 2. The Morgan fingerprint density at radius 2 is 1.79 bits per heavy atom. The molecule has 2 rings (SSSR count). The molecule has 0 spiro atoms. The maximum atomic E-state index is 12.4. The van der Waals surface area contributed by atoms with Crippen LogP contribution in [0.15, 0.2) is 59.7 Å². The van der Waals surface area contributed by atoms with Crippen molar-refractivity contribution in [3.05, 3.63) is 65.2 Å². The molecule has 2 N–H and O–H groups in total. The van der Waals surface area contributed by atoms with Crippen LogP contribution in [-0.4, -0.2) is 30.7 Å². The van der Waals surface area contributed by atoms with Gasteiger partial charge in [-0.3, -0.25) is 9.59 Å². The molecule has 0 aliphatic carbocycles. The van der Waals surface area contributed by atoms with Crippen molar-refractivity contribution in [2.45, 2.75) is 26.3 Å². The van der Waals surface area contributed by atoms with Crippen molar-refractivity contribution in [2.75, 3.05) is 6.61 Å². The smallest absolute Gasteiger partial charge is 0.262 e. The molecule has 0 saturated heterocycles. The van der Waals surface area contributed by atoms with E-state index in [2.05, 4.69) is 15.8 Å². The Labute approximate surface area is 169 Å². The first kappa shape index (κ1) is 21.4. The zero-order chi connectivity index (χ0) is 20.4. The van der Waals surface area contributed by atoms with Crippen molar-refractivity contribution in [1.29, 1.82) is 0 Å². The third kappa shape index (κ3) is 7.80. The Morgan fingerprint density at radius 1 is 1.11 bits per heavy atom. The molecule has 0 aliphatic rings. The summed E-state index contributed by atoms with van der Waals surface area (Å²) in [6.45, 7) is 3.75. The molecule has 6 nitrogen and oxygen atoms in total. The highest BCUT2D eigenvalue weighted by atomic mass is 35.5. The van der Waals surface area contributed by atoms with E-state index in [4.69, 9.17) is 16.3 Å². The summed E-state index contributed by atoms with van der Waals surface area (Å²) in [6.07, 6.45) is 2.04. The molecule has 0 fully saturated rings. The second-order valence-corrected chi connectivity index (χ2v) is 7.07. The van der Waals surface area contributed by atoms with E-state index in [-0.39, 0.29) is 24.3 Å². The third-order valence-corrected chi connectivity index (χ3v) is 3.98. The van der Waals surface area contributed by atoms with Gasteiger partial charge < -0.3 is 10.1 Å². The molecular weight excluding hydrogens is 378 g/mol. The van der Waals surface area contributed by atoms with Crippen LogP contribution < -0.4 is 15.5 Å². The van der Waals surface area contributed by atoms with Gasteiger partial charge in [0.2, 0.25) is 0 Å². The van der Waals surface area contributed by atoms with Crippen molar-refractivity contribution in [3.63, 3.8) is 0 Å². The summed E-state index contributed by atoms with van der Waals surface area (Å²) in [5.41, 5.74) is 3.35. The van der Waals surface area contributed by atoms with E-state index in [1.165, 1.54) is 0 Å². The molecular formula is C21H24ClN3O3. The average molecular weight is 402 g/mol. The van der Waals surface area contributed by atoms with Gasteiger partial charge in [-0.15, -0.1) is 0 Å². The molecule has 0 aliphatic heterocycles. The minimum Gasteiger partial charge on any atom is -0.484 e. The van der Waals surface area contributed by atoms with Gasteiger partial charge in [0, 0.05) is 5.02 Å². The lowest BCUT2D eigenvalue weighted by molar-refractivity contribution is -0.130. The van der Waals surface area contributed by atoms with Crippen molar-refractivity contribution in [1.82, 2.24) is 10.7 Å². The summed E-state index contributed by atoms with van der Waals surface area (Å²) in [4.78, 5) is 24.6. The van der Waals surface area contributed by atoms with Gasteiger partial charge in [0.05, 0.1) is 6.21 Å². The highest BCUT2D eigenvalue weighted by molar-refractivity contribution is 6.30. The summed E-state index contributed by atoms with van der Waals surface area (Å²) in [6, 6.07) is 15.4. The third-order valence-electron chi connectivity index (χ3n) is 3.73. The minimum atomic E-state index is -0.700. The molecule has 0 unspecified atom stereocenters. The average Bonchev–Trinajstić information content (AvgIpc) is 2.67. The predicted molar refractivity (Wildman–Crippen MR) is 111 cm³/mol. The van der Waals surface area contributed by atoms with Gasteiger partial charge in [-0.2, -0.15) is 5.10 Å². The topological polar surface area (TPSA) is 79.8 Å². The Bertz CT molecular complexity index is 792. The Morgan fingerprint density at radius 3 is 2.43 bits per heavy atom. The number of benzene rings is 2. The fraction of sp³-hybridized carbons (Fsp3) is 0.286. The van der Waals surface area contributed by atoms with Crippen LogP contribution >= 0.6 is 11.6 Å². The fourth-order valence-corrected chi connectivity index (χ4v) is 2.53. The SMILES string of the molecule is CC(C)C[C@H](NC(=O)COc1ccc(Cl)cc1)C(=O)N/N=C\c1ccccc1. The van der Waals surface area contributed by atoms with Crippen LogP contribution in [0.2, 0.25) is 5.02 Å². The standard InChI is InChI=1S/C21H24ClN3O3/c1-15(2)12-19(21(27)25-23-13-16-6-4-3-5-7-16)24-20(26)14-28-18-10-8-17(22)9-11-18/h3-11,13,15,19H,12,14H2,1-2H3,(H,24,26)(H,25,27)/b23-13-/t19-/m0/s1. The van der Waals surface area contributed by atoms with E-state index in [0.717, 1.165) is 5.56 Å².